The van der Waals surface area contributed by atoms with Crippen LogP contribution in [0.2, 0.25) is 0 Å². The molecule has 4 nitrogen and oxygen atoms in total. The van der Waals surface area contributed by atoms with Gasteiger partial charge in [0.15, 0.2) is 0 Å². The molecule has 1 fully saturated rings. The normalized spacial score (nSPS) is 22.0. The van der Waals surface area contributed by atoms with E-state index in [1.807, 2.05) is 13.8 Å². The highest BCUT2D eigenvalue weighted by atomic mass is 19.4. The van der Waals surface area contributed by atoms with Crippen molar-refractivity contribution in [3.63, 3.8) is 0 Å². The van der Waals surface area contributed by atoms with E-state index in [-0.39, 0.29) is 18.2 Å². The van der Waals surface area contributed by atoms with Gasteiger partial charge in [0.1, 0.15) is 0 Å². The Morgan fingerprint density at radius 2 is 1.78 bits per heavy atom. The topological polar surface area (TPSA) is 41.6 Å². The summed E-state index contributed by atoms with van der Waals surface area (Å²) in [7, 11) is 0. The molecule has 0 bridgehead atoms. The highest BCUT2D eigenvalue weighted by Gasteiger charge is 2.30. The summed E-state index contributed by atoms with van der Waals surface area (Å²) in [5.74, 6) is 0. The van der Waals surface area contributed by atoms with Crippen molar-refractivity contribution in [3.05, 3.63) is 35.4 Å². The van der Waals surface area contributed by atoms with E-state index in [0.29, 0.717) is 26.1 Å². The highest BCUT2D eigenvalue weighted by molar-refractivity contribution is 5.74. The van der Waals surface area contributed by atoms with Gasteiger partial charge in [-0.1, -0.05) is 12.1 Å². The third-order valence-corrected chi connectivity index (χ3v) is 3.68. The van der Waals surface area contributed by atoms with Gasteiger partial charge in [0.25, 0.3) is 0 Å². The summed E-state index contributed by atoms with van der Waals surface area (Å²) >= 11 is 0. The zero-order valence-corrected chi connectivity index (χ0v) is 13.2. The second kappa shape index (κ2) is 7.21. The number of hydrogen-bond acceptors (Lipinski definition) is 2. The Hall–Kier alpha value is -1.76. The molecule has 1 aliphatic rings. The third-order valence-electron chi connectivity index (χ3n) is 3.68. The van der Waals surface area contributed by atoms with Gasteiger partial charge in [-0.25, -0.2) is 4.79 Å². The maximum absolute atomic E-state index is 12.5. The molecule has 0 aliphatic carbocycles. The molecule has 7 heteroatoms. The van der Waals surface area contributed by atoms with E-state index in [2.05, 4.69) is 5.32 Å². The Morgan fingerprint density at radius 3 is 2.30 bits per heavy atom. The summed E-state index contributed by atoms with van der Waals surface area (Å²) in [6, 6.07) is 4.83. The van der Waals surface area contributed by atoms with Crippen LogP contribution in [0.25, 0.3) is 0 Å². The summed E-state index contributed by atoms with van der Waals surface area (Å²) in [6.07, 6.45) is -3.84. The SMILES string of the molecule is C[C@@H]1CN(C(=O)NCCc2ccc(C(F)(F)F)cc2)C[C@@H](C)O1. The molecule has 2 atom stereocenters. The fourth-order valence-corrected chi connectivity index (χ4v) is 2.63. The second-order valence-corrected chi connectivity index (χ2v) is 5.84. The number of nitrogens with zero attached hydrogens (tertiary/aromatic N) is 1. The van der Waals surface area contributed by atoms with Crippen LogP contribution in [0.4, 0.5) is 18.0 Å². The van der Waals surface area contributed by atoms with Crippen LogP contribution in [-0.4, -0.2) is 42.8 Å². The van der Waals surface area contributed by atoms with E-state index < -0.39 is 11.7 Å². The number of carbonyl (C=O) groups excluding carboxylic acids is 1. The average molecular weight is 330 g/mol. The van der Waals surface area contributed by atoms with Crippen LogP contribution in [-0.2, 0) is 17.3 Å². The Kier molecular flexibility index (Phi) is 5.51. The summed E-state index contributed by atoms with van der Waals surface area (Å²) in [5, 5.41) is 2.80. The first-order valence-corrected chi connectivity index (χ1v) is 7.60. The molecule has 1 aliphatic heterocycles. The van der Waals surface area contributed by atoms with E-state index in [0.717, 1.165) is 17.7 Å². The Balaban J connectivity index is 1.79. The van der Waals surface area contributed by atoms with E-state index in [9.17, 15) is 18.0 Å². The van der Waals surface area contributed by atoms with Crippen molar-refractivity contribution in [2.45, 2.75) is 38.7 Å². The van der Waals surface area contributed by atoms with E-state index in [4.69, 9.17) is 4.74 Å². The van der Waals surface area contributed by atoms with Crippen molar-refractivity contribution < 1.29 is 22.7 Å². The molecular formula is C16H21F3N2O2. The van der Waals surface area contributed by atoms with Crippen molar-refractivity contribution in [2.75, 3.05) is 19.6 Å². The van der Waals surface area contributed by atoms with E-state index >= 15 is 0 Å². The van der Waals surface area contributed by atoms with Gasteiger partial charge in [-0.05, 0) is 38.0 Å². The third kappa shape index (κ3) is 5.13. The number of nitrogens with one attached hydrogen (secondary N) is 1. The number of alkyl halides is 3. The summed E-state index contributed by atoms with van der Waals surface area (Å²) in [4.78, 5) is 13.8. The molecule has 0 aromatic heterocycles. The molecule has 0 saturated carbocycles. The smallest absolute Gasteiger partial charge is 0.372 e. The largest absolute Gasteiger partial charge is 0.416 e. The Morgan fingerprint density at radius 1 is 1.22 bits per heavy atom. The minimum Gasteiger partial charge on any atom is -0.372 e. The van der Waals surface area contributed by atoms with Crippen molar-refractivity contribution in [1.82, 2.24) is 10.2 Å². The van der Waals surface area contributed by atoms with Crippen LogP contribution in [0.1, 0.15) is 25.0 Å². The number of benzene rings is 1. The zero-order chi connectivity index (χ0) is 17.0. The van der Waals surface area contributed by atoms with Gasteiger partial charge in [-0.2, -0.15) is 13.2 Å². The number of halogens is 3. The van der Waals surface area contributed by atoms with Crippen LogP contribution >= 0.6 is 0 Å². The van der Waals surface area contributed by atoms with Gasteiger partial charge in [0, 0.05) is 19.6 Å². The standard InChI is InChI=1S/C16H21F3N2O2/c1-11-9-21(10-12(2)23-11)15(22)20-8-7-13-3-5-14(6-4-13)16(17,18)19/h3-6,11-12H,7-10H2,1-2H3,(H,20,22)/t11-,12-/m1/s1. The fourth-order valence-electron chi connectivity index (χ4n) is 2.63. The first-order valence-electron chi connectivity index (χ1n) is 7.60. The lowest BCUT2D eigenvalue weighted by Gasteiger charge is -2.35. The van der Waals surface area contributed by atoms with Crippen molar-refractivity contribution in [2.24, 2.45) is 0 Å². The van der Waals surface area contributed by atoms with Gasteiger partial charge in [0.05, 0.1) is 17.8 Å². The van der Waals surface area contributed by atoms with Crippen LogP contribution in [0.5, 0.6) is 0 Å². The molecule has 1 aromatic rings. The summed E-state index contributed by atoms with van der Waals surface area (Å²) in [5.41, 5.74) is 0.0867. The average Bonchev–Trinajstić information content (AvgIpc) is 2.45. The molecule has 128 valence electrons. The summed E-state index contributed by atoms with van der Waals surface area (Å²) in [6.45, 7) is 5.29. The van der Waals surface area contributed by atoms with Gasteiger partial charge in [-0.3, -0.25) is 0 Å². The second-order valence-electron chi connectivity index (χ2n) is 5.84. The number of urea groups is 1. The molecule has 2 rings (SSSR count). The van der Waals surface area contributed by atoms with Gasteiger partial charge >= 0.3 is 12.2 Å². The fraction of sp³-hybridized carbons (Fsp3) is 0.562. The molecule has 1 heterocycles. The maximum Gasteiger partial charge on any atom is 0.416 e. The lowest BCUT2D eigenvalue weighted by molar-refractivity contribution is -0.137. The Labute approximate surface area is 133 Å². The Bertz CT molecular complexity index is 521. The lowest BCUT2D eigenvalue weighted by Crippen LogP contribution is -2.51. The number of carbonyl (C=O) groups is 1. The quantitative estimate of drug-likeness (QED) is 0.925. The van der Waals surface area contributed by atoms with Crippen LogP contribution in [0.3, 0.4) is 0 Å². The number of ether oxygens (including phenoxy) is 1. The minimum absolute atomic E-state index is 0.000544. The van der Waals surface area contributed by atoms with Gasteiger partial charge < -0.3 is 15.0 Å². The van der Waals surface area contributed by atoms with E-state index in [1.165, 1.54) is 12.1 Å². The van der Waals surface area contributed by atoms with Crippen LogP contribution in [0.15, 0.2) is 24.3 Å². The number of morpholine rings is 1. The van der Waals surface area contributed by atoms with Crippen molar-refractivity contribution in [1.29, 1.82) is 0 Å². The monoisotopic (exact) mass is 330 g/mol. The predicted octanol–water partition coefficient (Wildman–Crippen LogP) is 3.07. The van der Waals surface area contributed by atoms with Crippen molar-refractivity contribution in [3.8, 4) is 0 Å². The van der Waals surface area contributed by atoms with E-state index in [1.54, 1.807) is 4.90 Å². The molecule has 0 radical (unpaired) electrons. The van der Waals surface area contributed by atoms with Crippen LogP contribution in [0, 0.1) is 0 Å². The molecule has 1 aromatic carbocycles. The molecule has 1 N–H and O–H groups in total. The number of amides is 2. The molecule has 0 spiro atoms. The first kappa shape index (κ1) is 17.6. The molecule has 1 saturated heterocycles. The van der Waals surface area contributed by atoms with Gasteiger partial charge in [-0.15, -0.1) is 0 Å². The summed E-state index contributed by atoms with van der Waals surface area (Å²) < 4.78 is 43.0. The minimum atomic E-state index is -4.32. The number of hydrogen-bond donors (Lipinski definition) is 1. The molecule has 23 heavy (non-hydrogen) atoms. The predicted molar refractivity (Wildman–Crippen MR) is 80.1 cm³/mol. The maximum atomic E-state index is 12.5. The molecular weight excluding hydrogens is 309 g/mol. The zero-order valence-electron chi connectivity index (χ0n) is 13.2. The number of rotatable bonds is 3. The molecule has 0 unspecified atom stereocenters. The van der Waals surface area contributed by atoms with Crippen LogP contribution < -0.4 is 5.32 Å². The van der Waals surface area contributed by atoms with Gasteiger partial charge in [0.2, 0.25) is 0 Å². The first-order chi connectivity index (χ1) is 10.8. The highest BCUT2D eigenvalue weighted by Crippen LogP contribution is 2.29. The molecule has 2 amide bonds. The lowest BCUT2D eigenvalue weighted by atomic mass is 10.1. The van der Waals surface area contributed by atoms with Crippen molar-refractivity contribution >= 4 is 6.03 Å².